The van der Waals surface area contributed by atoms with Crippen molar-refractivity contribution in [2.24, 2.45) is 17.1 Å². The molecule has 3 nitrogen and oxygen atoms in total. The molecule has 0 saturated heterocycles. The molecular formula is C13H26N2OS. The Bertz CT molecular complexity index is 269. The Morgan fingerprint density at radius 3 is 2.41 bits per heavy atom. The van der Waals surface area contributed by atoms with E-state index in [9.17, 15) is 4.79 Å². The molecule has 17 heavy (non-hydrogen) atoms. The molecule has 4 heteroatoms. The second-order valence-corrected chi connectivity index (χ2v) is 7.58. The minimum atomic E-state index is -0.0485. The van der Waals surface area contributed by atoms with Crippen LogP contribution in [0.5, 0.6) is 0 Å². The molecule has 1 rings (SSSR count). The van der Waals surface area contributed by atoms with Gasteiger partial charge >= 0.3 is 0 Å². The first kappa shape index (κ1) is 14.8. The summed E-state index contributed by atoms with van der Waals surface area (Å²) in [4.78, 5) is 12.0. The van der Waals surface area contributed by atoms with Crippen LogP contribution in [0.4, 0.5) is 0 Å². The average molecular weight is 258 g/mol. The van der Waals surface area contributed by atoms with Crippen molar-refractivity contribution in [3.05, 3.63) is 0 Å². The number of amides is 1. The molecule has 3 N–H and O–H groups in total. The van der Waals surface area contributed by atoms with E-state index in [1.54, 1.807) is 0 Å². The summed E-state index contributed by atoms with van der Waals surface area (Å²) in [5.74, 6) is 0.0791. The Balaban J connectivity index is 2.39. The number of rotatable bonds is 6. The molecule has 1 fully saturated rings. The van der Waals surface area contributed by atoms with Gasteiger partial charge in [-0.15, -0.1) is 0 Å². The number of nitrogens with two attached hydrogens (primary N) is 1. The minimum absolute atomic E-state index is 0.0485. The average Bonchev–Trinajstić information content (AvgIpc) is 3.02. The lowest BCUT2D eigenvalue weighted by molar-refractivity contribution is -0.125. The van der Waals surface area contributed by atoms with Crippen molar-refractivity contribution in [1.29, 1.82) is 0 Å². The molecule has 0 radical (unpaired) electrons. The third-order valence-electron chi connectivity index (χ3n) is 3.34. The van der Waals surface area contributed by atoms with Crippen LogP contribution in [-0.4, -0.2) is 30.0 Å². The van der Waals surface area contributed by atoms with Crippen molar-refractivity contribution < 1.29 is 4.79 Å². The minimum Gasteiger partial charge on any atom is -0.354 e. The fourth-order valence-electron chi connectivity index (χ4n) is 2.01. The molecule has 0 spiro atoms. The molecule has 1 atom stereocenters. The van der Waals surface area contributed by atoms with Crippen LogP contribution >= 0.6 is 11.8 Å². The largest absolute Gasteiger partial charge is 0.354 e. The fraction of sp³-hybridized carbons (Fsp3) is 0.923. The number of hydrogen-bond acceptors (Lipinski definition) is 3. The first-order chi connectivity index (χ1) is 7.82. The van der Waals surface area contributed by atoms with Crippen LogP contribution in [0, 0.1) is 11.3 Å². The molecule has 0 aromatic carbocycles. The lowest BCUT2D eigenvalue weighted by atomic mass is 9.84. The summed E-state index contributed by atoms with van der Waals surface area (Å²) in [5.41, 5.74) is 5.85. The quantitative estimate of drug-likeness (QED) is 0.766. The Morgan fingerprint density at radius 1 is 1.47 bits per heavy atom. The predicted molar refractivity (Wildman–Crippen MR) is 75.1 cm³/mol. The summed E-state index contributed by atoms with van der Waals surface area (Å²) in [6, 6.07) is 0. The smallest absolute Gasteiger partial charge is 0.224 e. The van der Waals surface area contributed by atoms with E-state index in [1.807, 2.05) is 11.8 Å². The van der Waals surface area contributed by atoms with Crippen molar-refractivity contribution in [3.8, 4) is 0 Å². The normalized spacial score (nSPS) is 19.8. The van der Waals surface area contributed by atoms with Gasteiger partial charge in [-0.2, -0.15) is 11.8 Å². The number of thioether (sulfide) groups is 1. The third-order valence-corrected chi connectivity index (χ3v) is 4.76. The summed E-state index contributed by atoms with van der Waals surface area (Å²) in [6.07, 6.45) is 5.42. The molecule has 0 aliphatic heterocycles. The number of carbonyl (C=O) groups excluding carboxylic acids is 1. The highest BCUT2D eigenvalue weighted by molar-refractivity contribution is 8.00. The van der Waals surface area contributed by atoms with Gasteiger partial charge in [0.05, 0.1) is 5.92 Å². The first-order valence-electron chi connectivity index (χ1n) is 6.35. The Labute approximate surface area is 109 Å². The lowest BCUT2D eigenvalue weighted by Crippen LogP contribution is -2.40. The molecule has 1 amide bonds. The van der Waals surface area contributed by atoms with E-state index < -0.39 is 0 Å². The van der Waals surface area contributed by atoms with Crippen LogP contribution in [0.1, 0.15) is 40.0 Å². The lowest BCUT2D eigenvalue weighted by Gasteiger charge is -2.25. The van der Waals surface area contributed by atoms with E-state index >= 15 is 0 Å². The standard InChI is InChI=1S/C13H26N2OS/c1-12(2,3)7-10(8-14)11(16)15-9-13(17-4)5-6-13/h10H,5-9,14H2,1-4H3,(H,15,16). The zero-order chi connectivity index (χ0) is 13.1. The molecule has 0 heterocycles. The molecule has 0 aromatic heterocycles. The van der Waals surface area contributed by atoms with Crippen molar-refractivity contribution in [2.45, 2.75) is 44.8 Å². The monoisotopic (exact) mass is 258 g/mol. The van der Waals surface area contributed by atoms with Crippen molar-refractivity contribution in [2.75, 3.05) is 19.3 Å². The van der Waals surface area contributed by atoms with Gasteiger partial charge in [-0.25, -0.2) is 0 Å². The SMILES string of the molecule is CSC1(CNC(=O)C(CN)CC(C)(C)C)CC1. The molecule has 0 bridgehead atoms. The van der Waals surface area contributed by atoms with E-state index in [0.717, 1.165) is 13.0 Å². The fourth-order valence-corrected chi connectivity index (χ4v) is 2.73. The number of hydrogen-bond donors (Lipinski definition) is 2. The van der Waals surface area contributed by atoms with E-state index in [0.29, 0.717) is 11.3 Å². The zero-order valence-electron chi connectivity index (χ0n) is 11.5. The summed E-state index contributed by atoms with van der Waals surface area (Å²) in [5, 5.41) is 3.07. The van der Waals surface area contributed by atoms with Crippen LogP contribution < -0.4 is 11.1 Å². The van der Waals surface area contributed by atoms with E-state index in [2.05, 4.69) is 32.3 Å². The third kappa shape index (κ3) is 4.88. The van der Waals surface area contributed by atoms with E-state index in [4.69, 9.17) is 5.73 Å². The second-order valence-electron chi connectivity index (χ2n) is 6.30. The van der Waals surface area contributed by atoms with Crippen molar-refractivity contribution >= 4 is 17.7 Å². The van der Waals surface area contributed by atoms with E-state index in [-0.39, 0.29) is 17.2 Å². The van der Waals surface area contributed by atoms with Gasteiger partial charge in [0.15, 0.2) is 0 Å². The van der Waals surface area contributed by atoms with Crippen LogP contribution in [0.15, 0.2) is 0 Å². The molecule has 100 valence electrons. The van der Waals surface area contributed by atoms with Crippen LogP contribution in [0.25, 0.3) is 0 Å². The first-order valence-corrected chi connectivity index (χ1v) is 7.57. The van der Waals surface area contributed by atoms with Crippen LogP contribution in [0.3, 0.4) is 0 Å². The maximum atomic E-state index is 12.0. The van der Waals surface area contributed by atoms with Crippen LogP contribution in [-0.2, 0) is 4.79 Å². The molecule has 1 unspecified atom stereocenters. The van der Waals surface area contributed by atoms with Crippen molar-refractivity contribution in [1.82, 2.24) is 5.32 Å². The van der Waals surface area contributed by atoms with Crippen LogP contribution in [0.2, 0.25) is 0 Å². The highest BCUT2D eigenvalue weighted by atomic mass is 32.2. The van der Waals surface area contributed by atoms with Gasteiger partial charge in [0.1, 0.15) is 0 Å². The van der Waals surface area contributed by atoms with Gasteiger partial charge < -0.3 is 11.1 Å². The topological polar surface area (TPSA) is 55.1 Å². The van der Waals surface area contributed by atoms with Gasteiger partial charge in [-0.05, 0) is 30.9 Å². The molecule has 1 saturated carbocycles. The van der Waals surface area contributed by atoms with Gasteiger partial charge in [0.25, 0.3) is 0 Å². The van der Waals surface area contributed by atoms with Crippen molar-refractivity contribution in [3.63, 3.8) is 0 Å². The Hall–Kier alpha value is -0.220. The van der Waals surface area contributed by atoms with Gasteiger partial charge in [-0.1, -0.05) is 20.8 Å². The maximum Gasteiger partial charge on any atom is 0.224 e. The molecule has 0 aromatic rings. The highest BCUT2D eigenvalue weighted by Gasteiger charge is 2.42. The highest BCUT2D eigenvalue weighted by Crippen LogP contribution is 2.46. The molecular weight excluding hydrogens is 232 g/mol. The summed E-state index contributed by atoms with van der Waals surface area (Å²) in [7, 11) is 0. The molecule has 1 aliphatic rings. The number of carbonyl (C=O) groups is 1. The second kappa shape index (κ2) is 5.61. The zero-order valence-corrected chi connectivity index (χ0v) is 12.3. The van der Waals surface area contributed by atoms with E-state index in [1.165, 1.54) is 12.8 Å². The summed E-state index contributed by atoms with van der Waals surface area (Å²) < 4.78 is 0.330. The van der Waals surface area contributed by atoms with Gasteiger partial charge in [-0.3, -0.25) is 4.79 Å². The predicted octanol–water partition coefficient (Wildman–Crippen LogP) is 2.01. The summed E-state index contributed by atoms with van der Waals surface area (Å²) in [6.45, 7) is 7.68. The van der Waals surface area contributed by atoms with Gasteiger partial charge in [0.2, 0.25) is 5.91 Å². The van der Waals surface area contributed by atoms with Gasteiger partial charge in [0, 0.05) is 17.8 Å². The summed E-state index contributed by atoms with van der Waals surface area (Å²) >= 11 is 1.87. The molecule has 1 aliphatic carbocycles. The Morgan fingerprint density at radius 2 is 2.06 bits per heavy atom. The number of nitrogens with one attached hydrogen (secondary N) is 1. The maximum absolute atomic E-state index is 12.0. The Kier molecular flexibility index (Phi) is 4.90.